The number of esters is 2. The lowest BCUT2D eigenvalue weighted by Gasteiger charge is -2.42. The Bertz CT molecular complexity index is 2760. The van der Waals surface area contributed by atoms with E-state index in [9.17, 15) is 48.3 Å². The molecule has 2 aliphatic heterocycles. The molecule has 0 saturated carbocycles. The fourth-order valence-electron chi connectivity index (χ4n) is 12.6. The van der Waals surface area contributed by atoms with E-state index in [1.54, 1.807) is 64.6 Å². The number of aliphatic hydroxyl groups is 1. The molecule has 4 amide bonds. The van der Waals surface area contributed by atoms with Crippen LogP contribution in [0.1, 0.15) is 159 Å². The summed E-state index contributed by atoms with van der Waals surface area (Å²) in [5.74, 6) is -7.80. The molecule has 22 heteroatoms. The molecule has 0 aliphatic carbocycles. The van der Waals surface area contributed by atoms with Gasteiger partial charge in [0.1, 0.15) is 24.2 Å². The predicted octanol–water partition coefficient (Wildman–Crippen LogP) is 8.76. The zero-order valence-electron chi connectivity index (χ0n) is 57.4. The van der Waals surface area contributed by atoms with Crippen LogP contribution in [0.5, 0.6) is 5.75 Å². The quantitative estimate of drug-likeness (QED) is 0.0436. The van der Waals surface area contributed by atoms with Gasteiger partial charge in [-0.1, -0.05) is 133 Å². The van der Waals surface area contributed by atoms with Gasteiger partial charge in [0.25, 0.3) is 0 Å². The van der Waals surface area contributed by atoms with Crippen molar-refractivity contribution in [3.05, 3.63) is 59.7 Å². The van der Waals surface area contributed by atoms with E-state index in [4.69, 9.17) is 38.9 Å². The van der Waals surface area contributed by atoms with E-state index >= 15 is 0 Å². The Balaban J connectivity index is 1.53. The molecule has 510 valence electrons. The maximum atomic E-state index is 15.0. The summed E-state index contributed by atoms with van der Waals surface area (Å²) in [4.78, 5) is 129. The van der Waals surface area contributed by atoms with E-state index < -0.39 is 120 Å². The van der Waals surface area contributed by atoms with E-state index in [0.29, 0.717) is 31.4 Å². The van der Waals surface area contributed by atoms with Gasteiger partial charge in [-0.15, -0.1) is 0 Å². The number of aliphatic hydroxyl groups excluding tert-OH is 1. The number of methoxy groups -OCH3 is 3. The van der Waals surface area contributed by atoms with Crippen molar-refractivity contribution in [2.75, 3.05) is 47.3 Å². The van der Waals surface area contributed by atoms with Crippen LogP contribution in [0.2, 0.25) is 0 Å². The van der Waals surface area contributed by atoms with Crippen LogP contribution >= 0.6 is 0 Å². The summed E-state index contributed by atoms with van der Waals surface area (Å²) >= 11 is 0. The Morgan fingerprint density at radius 2 is 1.42 bits per heavy atom. The number of likely N-dealkylation sites (N-methyl/N-ethyl adjacent to an activating group) is 2. The SMILES string of the molecule is CC[C@H](C)[C@@H]([C@@H](CC(=O)N1CCC[C@H]1[C@H](OC)[C@@H](C)C(=O)C[C@H](C)[C@@H](O)c1ccccc1)OC)N(C)C(=O)[C@@H](CC(=O)[C@H](C(C)C)N(C)C(=O)OCc1ccc(NC(=O)[C@H](C)CC(=O)[C@@H](N)C(C)C)c(O[C@@H]2O[C@H](C(=O)OC)[C@@H](OC(C)=O)[C@H](C)[C@H]2C)c1)C(C)C. The highest BCUT2D eigenvalue weighted by molar-refractivity contribution is 5.97. The number of nitrogens with one attached hydrogen (secondary N) is 1. The number of carbonyl (C=O) groups is 9. The number of ketones is 3. The first-order chi connectivity index (χ1) is 42.8. The lowest BCUT2D eigenvalue weighted by atomic mass is 9.83. The second-order valence-corrected chi connectivity index (χ2v) is 26.5. The molecule has 0 bridgehead atoms. The van der Waals surface area contributed by atoms with Gasteiger partial charge in [-0.25, -0.2) is 9.59 Å². The predicted molar refractivity (Wildman–Crippen MR) is 343 cm³/mol. The number of anilines is 1. The fraction of sp³-hybridized carbons (Fsp3) is 0.696. The van der Waals surface area contributed by atoms with Crippen LogP contribution < -0.4 is 15.8 Å². The number of benzene rings is 2. The van der Waals surface area contributed by atoms with Crippen LogP contribution in [0.3, 0.4) is 0 Å². The molecule has 0 radical (unpaired) electrons. The first-order valence-electron chi connectivity index (χ1n) is 32.4. The third-order valence-corrected chi connectivity index (χ3v) is 18.8. The summed E-state index contributed by atoms with van der Waals surface area (Å²) in [6, 6.07) is 11.1. The molecule has 2 aliphatic rings. The molecule has 0 spiro atoms. The molecule has 17 atom stereocenters. The van der Waals surface area contributed by atoms with Crippen molar-refractivity contribution in [1.82, 2.24) is 14.7 Å². The van der Waals surface area contributed by atoms with Crippen molar-refractivity contribution in [2.24, 2.45) is 64.9 Å². The molecule has 22 nitrogen and oxygen atoms in total. The number of Topliss-reactive ketones (excluding diaryl/α,β-unsaturated/α-hetero) is 3. The summed E-state index contributed by atoms with van der Waals surface area (Å²) in [5.41, 5.74) is 7.38. The molecule has 2 aromatic carbocycles. The van der Waals surface area contributed by atoms with Gasteiger partial charge in [0.2, 0.25) is 24.0 Å². The second-order valence-electron chi connectivity index (χ2n) is 26.5. The van der Waals surface area contributed by atoms with Crippen molar-refractivity contribution >= 4 is 58.8 Å². The van der Waals surface area contributed by atoms with Gasteiger partial charge in [0, 0.05) is 90.6 Å². The molecule has 2 fully saturated rings. The fourth-order valence-corrected chi connectivity index (χ4v) is 12.6. The summed E-state index contributed by atoms with van der Waals surface area (Å²) in [6.07, 6.45) is -4.91. The van der Waals surface area contributed by atoms with Gasteiger partial charge in [0.05, 0.1) is 61.7 Å². The van der Waals surface area contributed by atoms with Gasteiger partial charge in [0.15, 0.2) is 17.7 Å². The highest BCUT2D eigenvalue weighted by Crippen LogP contribution is 2.39. The minimum Gasteiger partial charge on any atom is -0.467 e. The monoisotopic (exact) mass is 1280 g/mol. The molecule has 0 unspecified atom stereocenters. The minimum absolute atomic E-state index is 0.0495. The van der Waals surface area contributed by atoms with E-state index in [-0.39, 0.29) is 96.6 Å². The number of nitrogens with two attached hydrogens (primary N) is 1. The number of carbonyl (C=O) groups excluding carboxylic acids is 9. The van der Waals surface area contributed by atoms with Crippen LogP contribution in [0.25, 0.3) is 0 Å². The number of ether oxygens (including phenoxy) is 7. The van der Waals surface area contributed by atoms with Crippen molar-refractivity contribution in [2.45, 2.75) is 209 Å². The Kier molecular flexibility index (Phi) is 30.2. The van der Waals surface area contributed by atoms with E-state index in [0.717, 1.165) is 5.56 Å². The van der Waals surface area contributed by atoms with Crippen LogP contribution in [0.15, 0.2) is 48.5 Å². The molecule has 2 saturated heterocycles. The first kappa shape index (κ1) is 77.1. The van der Waals surface area contributed by atoms with E-state index in [2.05, 4.69) is 5.32 Å². The number of hydrogen-bond acceptors (Lipinski definition) is 18. The lowest BCUT2D eigenvalue weighted by Crippen LogP contribution is -2.55. The summed E-state index contributed by atoms with van der Waals surface area (Å²) in [5, 5.41) is 13.9. The van der Waals surface area contributed by atoms with Crippen molar-refractivity contribution in [1.29, 1.82) is 0 Å². The molecular formula is C69H107N5O17. The van der Waals surface area contributed by atoms with Gasteiger partial charge < -0.3 is 64.0 Å². The van der Waals surface area contributed by atoms with Gasteiger partial charge in [-0.2, -0.15) is 0 Å². The molecule has 91 heavy (non-hydrogen) atoms. The van der Waals surface area contributed by atoms with Crippen molar-refractivity contribution in [3.8, 4) is 5.75 Å². The Morgan fingerprint density at radius 3 is 1.98 bits per heavy atom. The molecule has 2 aromatic rings. The number of rotatable bonds is 34. The van der Waals surface area contributed by atoms with Gasteiger partial charge >= 0.3 is 18.0 Å². The van der Waals surface area contributed by atoms with Crippen molar-refractivity contribution < 1.29 is 81.4 Å². The summed E-state index contributed by atoms with van der Waals surface area (Å²) in [7, 11) is 7.37. The summed E-state index contributed by atoms with van der Waals surface area (Å²) in [6.45, 7) is 25.1. The second kappa shape index (κ2) is 35.6. The van der Waals surface area contributed by atoms with E-state index in [1.807, 2.05) is 85.7 Å². The summed E-state index contributed by atoms with van der Waals surface area (Å²) < 4.78 is 41.2. The largest absolute Gasteiger partial charge is 0.467 e. The first-order valence-corrected chi connectivity index (χ1v) is 32.4. The molecule has 2 heterocycles. The Hall–Kier alpha value is -6.33. The van der Waals surface area contributed by atoms with Crippen LogP contribution in [0.4, 0.5) is 10.5 Å². The highest BCUT2D eigenvalue weighted by Gasteiger charge is 2.49. The highest BCUT2D eigenvalue weighted by atomic mass is 16.7. The third-order valence-electron chi connectivity index (χ3n) is 18.8. The number of likely N-dealkylation sites (tertiary alicyclic amines) is 1. The normalized spacial score (nSPS) is 22.0. The third kappa shape index (κ3) is 20.3. The molecule has 4 rings (SSSR count). The maximum absolute atomic E-state index is 15.0. The molecular weight excluding hydrogens is 1170 g/mol. The lowest BCUT2D eigenvalue weighted by molar-refractivity contribution is -0.243. The number of nitrogens with zero attached hydrogens (tertiary/aromatic N) is 3. The van der Waals surface area contributed by atoms with Gasteiger partial charge in [-0.3, -0.25) is 33.6 Å². The standard InChI is InChI=1S/C69H107N5O17/c1-20-40(8)60(56(85-17)35-57(79)74-30-24-27-51(74)62(86-18)45(13)52(76)31-41(9)61(80)48-25-22-21-23-26-48)72(15)66(82)49(37(2)3)34-54(78)59(39(6)7)73(16)69(84)88-36-47-28-29-50(71-65(81)42(10)32-53(77)58(70)38(4)5)55(33-47)90-68-44(12)43(11)63(89-46(14)75)64(91-68)67(83)87-19/h21-23,25-26,28-29,33,37-45,49,51,56,58-64,68,80H,20,24,27,30-32,34-36,70H2,1-19H3,(H,71,81)/t40-,41-,42+,43+,44+,45-,49-,51-,56+,58-,59-,60-,61+,62+,63-,64-,68+/m0/s1. The molecule has 0 aromatic heterocycles. The zero-order chi connectivity index (χ0) is 68.5. The Morgan fingerprint density at radius 1 is 0.769 bits per heavy atom. The number of hydrogen-bond donors (Lipinski definition) is 3. The van der Waals surface area contributed by atoms with Crippen LogP contribution in [0, 0.1) is 59.2 Å². The number of amides is 4. The topological polar surface area (TPSA) is 286 Å². The smallest absolute Gasteiger partial charge is 0.410 e. The zero-order valence-corrected chi connectivity index (χ0v) is 57.4. The minimum atomic E-state index is -1.37. The average molecular weight is 1280 g/mol. The average Bonchev–Trinajstić information content (AvgIpc) is 1.26. The van der Waals surface area contributed by atoms with Crippen LogP contribution in [-0.4, -0.2) is 170 Å². The van der Waals surface area contributed by atoms with Gasteiger partial charge in [-0.05, 0) is 65.7 Å². The maximum Gasteiger partial charge on any atom is 0.410 e. The molecule has 4 N–H and O–H groups in total. The van der Waals surface area contributed by atoms with Crippen LogP contribution in [-0.2, 0) is 73.4 Å². The van der Waals surface area contributed by atoms with E-state index in [1.165, 1.54) is 45.2 Å². The Labute approximate surface area is 539 Å². The van der Waals surface area contributed by atoms with Crippen molar-refractivity contribution in [3.63, 3.8) is 0 Å².